The Morgan fingerprint density at radius 3 is 2.29 bits per heavy atom. The molecule has 264 valence electrons. The largest absolute Gasteiger partial charge is 0.510 e. The summed E-state index contributed by atoms with van der Waals surface area (Å²) in [5.41, 5.74) is -0.930. The van der Waals surface area contributed by atoms with Crippen LogP contribution in [0.3, 0.4) is 0 Å². The van der Waals surface area contributed by atoms with Crippen molar-refractivity contribution in [2.45, 2.75) is 58.0 Å². The lowest BCUT2D eigenvalue weighted by Crippen LogP contribution is -2.35. The van der Waals surface area contributed by atoms with Crippen molar-refractivity contribution in [3.05, 3.63) is 71.3 Å². The molecular weight excluding hydrogens is 669 g/mol. The molecule has 4 rings (SSSR count). The van der Waals surface area contributed by atoms with Gasteiger partial charge in [-0.05, 0) is 35.2 Å². The molecule has 0 spiro atoms. The lowest BCUT2D eigenvalue weighted by atomic mass is 9.98. The van der Waals surface area contributed by atoms with Gasteiger partial charge in [-0.2, -0.15) is 22.0 Å². The number of hydrogen-bond acceptors (Lipinski definition) is 12. The molecule has 20 heteroatoms. The van der Waals surface area contributed by atoms with Crippen molar-refractivity contribution in [2.24, 2.45) is 0 Å². The summed E-state index contributed by atoms with van der Waals surface area (Å²) in [6, 6.07) is 13.3. The first-order valence-corrected chi connectivity index (χ1v) is 14.5. The zero-order chi connectivity index (χ0) is 35.9. The lowest BCUT2D eigenvalue weighted by Gasteiger charge is -2.18. The minimum Gasteiger partial charge on any atom is -0.477 e. The van der Waals surface area contributed by atoms with Crippen LogP contribution in [0.1, 0.15) is 60.5 Å². The summed E-state index contributed by atoms with van der Waals surface area (Å²) in [5, 5.41) is 38.4. The van der Waals surface area contributed by atoms with Gasteiger partial charge in [-0.3, -0.25) is 15.3 Å². The average Bonchev–Trinajstić information content (AvgIpc) is 3.67. The number of ether oxygens (including phenoxy) is 2. The van der Waals surface area contributed by atoms with E-state index in [1.807, 2.05) is 0 Å². The monoisotopic (exact) mass is 699 g/mol. The number of tetrazole rings is 1. The summed E-state index contributed by atoms with van der Waals surface area (Å²) in [5.74, 6) is -7.52. The van der Waals surface area contributed by atoms with Gasteiger partial charge in [-0.15, -0.1) is 15.0 Å². The molecule has 0 radical (unpaired) electrons. The van der Waals surface area contributed by atoms with Crippen molar-refractivity contribution < 1.29 is 61.4 Å². The number of imidazole rings is 1. The predicted molar refractivity (Wildman–Crippen MR) is 154 cm³/mol. The van der Waals surface area contributed by atoms with Gasteiger partial charge >= 0.3 is 24.2 Å². The highest BCUT2D eigenvalue weighted by Crippen LogP contribution is 2.45. The van der Waals surface area contributed by atoms with E-state index in [2.05, 4.69) is 25.2 Å². The van der Waals surface area contributed by atoms with E-state index in [1.165, 1.54) is 6.92 Å². The Bertz CT molecular complexity index is 1750. The van der Waals surface area contributed by atoms with Gasteiger partial charge in [-0.25, -0.2) is 14.6 Å². The quantitative estimate of drug-likeness (QED) is 0.0600. The van der Waals surface area contributed by atoms with Gasteiger partial charge in [0.15, 0.2) is 11.4 Å². The molecule has 2 heterocycles. The third kappa shape index (κ3) is 8.71. The zero-order valence-corrected chi connectivity index (χ0v) is 25.8. The fourth-order valence-corrected chi connectivity index (χ4v) is 4.62. The van der Waals surface area contributed by atoms with Gasteiger partial charge < -0.3 is 19.1 Å². The Morgan fingerprint density at radius 2 is 1.67 bits per heavy atom. The summed E-state index contributed by atoms with van der Waals surface area (Å²) in [4.78, 5) is 32.8. The van der Waals surface area contributed by atoms with E-state index in [9.17, 15) is 36.6 Å². The molecule has 0 aliphatic heterocycles. The number of halogens is 5. The Kier molecular flexibility index (Phi) is 11.6. The van der Waals surface area contributed by atoms with E-state index in [0.29, 0.717) is 28.7 Å². The Hall–Kier alpha value is -5.05. The second-order valence-corrected chi connectivity index (χ2v) is 10.4. The van der Waals surface area contributed by atoms with Crippen molar-refractivity contribution in [2.75, 3.05) is 13.2 Å². The number of carboxylic acids is 1. The van der Waals surface area contributed by atoms with Crippen LogP contribution in [0.4, 0.5) is 26.7 Å². The number of carbonyl (C=O) groups excluding carboxylic acids is 1. The van der Waals surface area contributed by atoms with E-state index in [-0.39, 0.29) is 44.2 Å². The molecule has 15 nitrogen and oxygen atoms in total. The molecule has 0 saturated carbocycles. The van der Waals surface area contributed by atoms with Crippen LogP contribution in [0.25, 0.3) is 22.5 Å². The van der Waals surface area contributed by atoms with Crippen molar-refractivity contribution >= 4 is 12.1 Å². The summed E-state index contributed by atoms with van der Waals surface area (Å²) >= 11 is 0. The number of benzene rings is 2. The predicted octanol–water partition coefficient (Wildman–Crippen LogP) is 5.63. The van der Waals surface area contributed by atoms with Gasteiger partial charge in [0.05, 0.1) is 18.6 Å². The fourth-order valence-electron chi connectivity index (χ4n) is 4.62. The minimum absolute atomic E-state index is 0.0383. The molecule has 0 fully saturated rings. The molecular formula is C29H30F5N7O8. The summed E-state index contributed by atoms with van der Waals surface area (Å²) in [6.07, 6.45) is -7.72. The number of carboxylic acid groups (broad SMARTS) is 1. The molecule has 2 aromatic carbocycles. The number of aryl methyl sites for hydroxylation is 1. The van der Waals surface area contributed by atoms with Crippen LogP contribution >= 0.6 is 0 Å². The number of alkyl halides is 5. The maximum absolute atomic E-state index is 14.3. The van der Waals surface area contributed by atoms with Crippen molar-refractivity contribution in [3.63, 3.8) is 0 Å². The third-order valence-corrected chi connectivity index (χ3v) is 6.89. The van der Waals surface area contributed by atoms with Gasteiger partial charge in [0.2, 0.25) is 12.1 Å². The van der Waals surface area contributed by atoms with Crippen LogP contribution in [0.15, 0.2) is 48.5 Å². The van der Waals surface area contributed by atoms with E-state index in [4.69, 9.17) is 19.9 Å². The zero-order valence-electron chi connectivity index (χ0n) is 25.8. The number of aromatic nitrogens is 6. The third-order valence-electron chi connectivity index (χ3n) is 6.89. The Labute approximate surface area is 273 Å². The first kappa shape index (κ1) is 36.8. The Morgan fingerprint density at radius 1 is 1.00 bits per heavy atom. The fraction of sp³-hybridized carbons (Fsp3) is 0.379. The molecule has 0 bridgehead atoms. The molecule has 1 atom stereocenters. The number of carbonyl (C=O) groups is 2. The normalized spacial score (nSPS) is 12.7. The van der Waals surface area contributed by atoms with Gasteiger partial charge in [-0.1, -0.05) is 55.5 Å². The molecule has 4 aromatic rings. The summed E-state index contributed by atoms with van der Waals surface area (Å²) in [6.45, 7) is 2.49. The topological polar surface area (TPSA) is 187 Å². The van der Waals surface area contributed by atoms with Crippen LogP contribution in [-0.2, 0) is 33.2 Å². The minimum atomic E-state index is -6.05. The standard InChI is InChI=1S/C29H30F5N7O8/c1-3-7-22-35-24(28(30,31)29(32,33)34)23(26(42)43)39(22)16-18-10-12-19(13-11-18)20-8-4-5-9-21(20)25-36-38-40(37-25)17(2)49-27(44)47-14-6-15-48-41(45)46/h4-5,8-13,17,45-46H,3,6-7,14-16H2,1-2H3,(H,42,43). The van der Waals surface area contributed by atoms with Crippen LogP contribution in [0.5, 0.6) is 0 Å². The van der Waals surface area contributed by atoms with Gasteiger partial charge in [0, 0.05) is 24.9 Å². The summed E-state index contributed by atoms with van der Waals surface area (Å²) in [7, 11) is 0. The van der Waals surface area contributed by atoms with E-state index in [1.54, 1.807) is 55.5 Å². The van der Waals surface area contributed by atoms with E-state index >= 15 is 0 Å². The first-order valence-electron chi connectivity index (χ1n) is 14.5. The number of hydrogen-bond donors (Lipinski definition) is 3. The van der Waals surface area contributed by atoms with Crippen molar-refractivity contribution in [1.29, 1.82) is 0 Å². The average molecular weight is 700 g/mol. The van der Waals surface area contributed by atoms with Crippen LogP contribution in [0.2, 0.25) is 0 Å². The highest BCUT2D eigenvalue weighted by molar-refractivity contribution is 5.87. The summed E-state index contributed by atoms with van der Waals surface area (Å²) < 4.78 is 79.1. The van der Waals surface area contributed by atoms with Crippen LogP contribution < -0.4 is 0 Å². The molecule has 2 aromatic heterocycles. The lowest BCUT2D eigenvalue weighted by molar-refractivity contribution is -0.492. The van der Waals surface area contributed by atoms with Crippen LogP contribution in [0, 0.1) is 0 Å². The second kappa shape index (κ2) is 15.4. The SMILES string of the molecule is CCCc1nc(C(F)(F)C(F)(F)F)c(C(=O)O)n1Cc1ccc(-c2ccccc2-c2nnn(C(C)OC(=O)OCCCON(O)O)n2)cc1. The van der Waals surface area contributed by atoms with Crippen LogP contribution in [-0.4, -0.2) is 82.2 Å². The number of aromatic carboxylic acids is 1. The molecule has 0 aliphatic carbocycles. The molecule has 49 heavy (non-hydrogen) atoms. The number of rotatable bonds is 15. The molecule has 1 unspecified atom stereocenters. The maximum Gasteiger partial charge on any atom is 0.510 e. The molecule has 0 aliphatic rings. The second-order valence-electron chi connectivity index (χ2n) is 10.4. The van der Waals surface area contributed by atoms with Gasteiger partial charge in [0.25, 0.3) is 0 Å². The smallest absolute Gasteiger partial charge is 0.477 e. The highest BCUT2D eigenvalue weighted by Gasteiger charge is 2.62. The maximum atomic E-state index is 14.3. The molecule has 0 saturated heterocycles. The van der Waals surface area contributed by atoms with E-state index < -0.39 is 47.2 Å². The molecule has 3 N–H and O–H groups in total. The van der Waals surface area contributed by atoms with Crippen molar-refractivity contribution in [1.82, 2.24) is 35.1 Å². The van der Waals surface area contributed by atoms with Gasteiger partial charge in [0.1, 0.15) is 5.82 Å². The highest BCUT2D eigenvalue weighted by atomic mass is 19.4. The van der Waals surface area contributed by atoms with Crippen molar-refractivity contribution in [3.8, 4) is 22.5 Å². The first-order chi connectivity index (χ1) is 23.1. The molecule has 0 amide bonds. The Balaban J connectivity index is 1.53. The number of nitrogens with zero attached hydrogens (tertiary/aromatic N) is 7. The van der Waals surface area contributed by atoms with E-state index in [0.717, 1.165) is 9.36 Å².